The van der Waals surface area contributed by atoms with Crippen LogP contribution < -0.4 is 0 Å². The van der Waals surface area contributed by atoms with Crippen LogP contribution in [0.5, 0.6) is 0 Å². The molecule has 6 nitrogen and oxygen atoms in total. The number of aromatic nitrogens is 2. The molecule has 2 aromatic carbocycles. The maximum Gasteiger partial charge on any atom is 0.254 e. The highest BCUT2D eigenvalue weighted by molar-refractivity contribution is 5.97. The highest BCUT2D eigenvalue weighted by atomic mass is 16.5. The molecule has 1 fully saturated rings. The Bertz CT molecular complexity index is 990. The molecule has 0 aliphatic carbocycles. The highest BCUT2D eigenvalue weighted by Gasteiger charge is 2.23. The monoisotopic (exact) mass is 376 g/mol. The Labute approximate surface area is 164 Å². The van der Waals surface area contributed by atoms with E-state index in [9.17, 15) is 4.79 Å². The van der Waals surface area contributed by atoms with Crippen LogP contribution in [-0.4, -0.2) is 58.0 Å². The topological polar surface area (TPSA) is 50.6 Å². The Hall–Kier alpha value is -2.70. The fourth-order valence-corrected chi connectivity index (χ4v) is 4.12. The van der Waals surface area contributed by atoms with Gasteiger partial charge in [-0.05, 0) is 23.8 Å². The van der Waals surface area contributed by atoms with Crippen molar-refractivity contribution >= 4 is 16.9 Å². The SMILES string of the molecule is O=C(c1ccc2c(c1)nc1n2CCOC1)N1CCN(Cc2ccccc2)CC1. The summed E-state index contributed by atoms with van der Waals surface area (Å²) in [5.41, 5.74) is 4.01. The van der Waals surface area contributed by atoms with Gasteiger partial charge >= 0.3 is 0 Å². The van der Waals surface area contributed by atoms with E-state index in [1.165, 1.54) is 5.56 Å². The molecule has 3 aromatic rings. The normalized spacial score (nSPS) is 17.6. The molecule has 0 spiro atoms. The summed E-state index contributed by atoms with van der Waals surface area (Å²) >= 11 is 0. The second kappa shape index (κ2) is 7.37. The molecule has 1 amide bonds. The number of imidazole rings is 1. The van der Waals surface area contributed by atoms with E-state index < -0.39 is 0 Å². The average Bonchev–Trinajstić information content (AvgIpc) is 3.12. The molecule has 28 heavy (non-hydrogen) atoms. The van der Waals surface area contributed by atoms with Gasteiger partial charge in [-0.15, -0.1) is 0 Å². The summed E-state index contributed by atoms with van der Waals surface area (Å²) in [4.78, 5) is 22.0. The third-order valence-corrected chi connectivity index (χ3v) is 5.67. The predicted octanol–water partition coefficient (Wildman–Crippen LogP) is 2.52. The second-order valence-corrected chi connectivity index (χ2v) is 7.49. The summed E-state index contributed by atoms with van der Waals surface area (Å²) in [5, 5.41) is 0. The number of hydrogen-bond donors (Lipinski definition) is 0. The lowest BCUT2D eigenvalue weighted by atomic mass is 10.1. The number of carbonyl (C=O) groups is 1. The molecule has 0 radical (unpaired) electrons. The third kappa shape index (κ3) is 3.30. The van der Waals surface area contributed by atoms with Crippen LogP contribution in [0.4, 0.5) is 0 Å². The van der Waals surface area contributed by atoms with Gasteiger partial charge in [-0.25, -0.2) is 4.98 Å². The molecule has 0 unspecified atom stereocenters. The maximum absolute atomic E-state index is 13.0. The molecule has 2 aliphatic heterocycles. The zero-order chi connectivity index (χ0) is 18.9. The quantitative estimate of drug-likeness (QED) is 0.705. The van der Waals surface area contributed by atoms with Crippen LogP contribution in [0.1, 0.15) is 21.7 Å². The molecule has 0 saturated carbocycles. The van der Waals surface area contributed by atoms with Crippen LogP contribution in [0.3, 0.4) is 0 Å². The smallest absolute Gasteiger partial charge is 0.254 e. The molecule has 144 valence electrons. The van der Waals surface area contributed by atoms with Gasteiger partial charge in [0.2, 0.25) is 0 Å². The molecule has 1 saturated heterocycles. The number of benzene rings is 2. The number of amides is 1. The van der Waals surface area contributed by atoms with Crippen LogP contribution in [-0.2, 0) is 24.4 Å². The lowest BCUT2D eigenvalue weighted by Gasteiger charge is -2.34. The first-order valence-electron chi connectivity index (χ1n) is 9.90. The van der Waals surface area contributed by atoms with Crippen LogP contribution in [0.2, 0.25) is 0 Å². The predicted molar refractivity (Wildman–Crippen MR) is 107 cm³/mol. The number of nitrogens with zero attached hydrogens (tertiary/aromatic N) is 4. The molecule has 6 heteroatoms. The zero-order valence-electron chi connectivity index (χ0n) is 15.9. The maximum atomic E-state index is 13.0. The van der Waals surface area contributed by atoms with Gasteiger partial charge in [0.15, 0.2) is 0 Å². The number of fused-ring (bicyclic) bond motifs is 3. The van der Waals surface area contributed by atoms with Crippen molar-refractivity contribution < 1.29 is 9.53 Å². The first kappa shape index (κ1) is 17.4. The zero-order valence-corrected chi connectivity index (χ0v) is 15.9. The van der Waals surface area contributed by atoms with Crippen LogP contribution in [0, 0.1) is 0 Å². The van der Waals surface area contributed by atoms with Crippen molar-refractivity contribution in [3.8, 4) is 0 Å². The minimum Gasteiger partial charge on any atom is -0.372 e. The Balaban J connectivity index is 1.26. The molecular weight excluding hydrogens is 352 g/mol. The number of carbonyl (C=O) groups excluding carboxylic acids is 1. The molecule has 0 N–H and O–H groups in total. The van der Waals surface area contributed by atoms with E-state index in [1.54, 1.807) is 0 Å². The van der Waals surface area contributed by atoms with Crippen molar-refractivity contribution in [2.75, 3.05) is 32.8 Å². The van der Waals surface area contributed by atoms with E-state index in [4.69, 9.17) is 4.74 Å². The minimum atomic E-state index is 0.100. The van der Waals surface area contributed by atoms with Gasteiger partial charge in [0.25, 0.3) is 5.91 Å². The van der Waals surface area contributed by atoms with E-state index in [0.717, 1.165) is 61.7 Å². The molecular formula is C22H24N4O2. The minimum absolute atomic E-state index is 0.100. The molecule has 1 aromatic heterocycles. The van der Waals surface area contributed by atoms with Gasteiger partial charge in [0.1, 0.15) is 12.4 Å². The summed E-state index contributed by atoms with van der Waals surface area (Å²) in [6, 6.07) is 16.4. The van der Waals surface area contributed by atoms with Crippen molar-refractivity contribution in [2.45, 2.75) is 19.7 Å². The highest BCUT2D eigenvalue weighted by Crippen LogP contribution is 2.22. The Morgan fingerprint density at radius 1 is 1.00 bits per heavy atom. The Kier molecular flexibility index (Phi) is 4.58. The first-order chi connectivity index (χ1) is 13.8. The first-order valence-corrected chi connectivity index (χ1v) is 9.90. The van der Waals surface area contributed by atoms with Crippen molar-refractivity contribution in [3.05, 3.63) is 65.5 Å². The fraction of sp³-hybridized carbons (Fsp3) is 0.364. The Morgan fingerprint density at radius 3 is 2.64 bits per heavy atom. The number of ether oxygens (including phenoxy) is 1. The van der Waals surface area contributed by atoms with Crippen molar-refractivity contribution in [1.82, 2.24) is 19.4 Å². The largest absolute Gasteiger partial charge is 0.372 e. The Morgan fingerprint density at radius 2 is 1.82 bits per heavy atom. The summed E-state index contributed by atoms with van der Waals surface area (Å²) in [7, 11) is 0. The van der Waals surface area contributed by atoms with E-state index in [1.807, 2.05) is 29.2 Å². The van der Waals surface area contributed by atoms with E-state index in [-0.39, 0.29) is 5.91 Å². The van der Waals surface area contributed by atoms with Crippen LogP contribution in [0.15, 0.2) is 48.5 Å². The number of hydrogen-bond acceptors (Lipinski definition) is 4. The molecule has 3 heterocycles. The summed E-state index contributed by atoms with van der Waals surface area (Å²) in [6.07, 6.45) is 0. The van der Waals surface area contributed by atoms with E-state index in [0.29, 0.717) is 13.2 Å². The summed E-state index contributed by atoms with van der Waals surface area (Å²) in [6.45, 7) is 6.35. The second-order valence-electron chi connectivity index (χ2n) is 7.49. The van der Waals surface area contributed by atoms with Crippen molar-refractivity contribution in [3.63, 3.8) is 0 Å². The van der Waals surface area contributed by atoms with Gasteiger partial charge in [-0.3, -0.25) is 9.69 Å². The van der Waals surface area contributed by atoms with E-state index in [2.05, 4.69) is 38.7 Å². The van der Waals surface area contributed by atoms with Crippen LogP contribution in [0.25, 0.3) is 11.0 Å². The number of piperazine rings is 1. The summed E-state index contributed by atoms with van der Waals surface area (Å²) in [5.74, 6) is 1.05. The van der Waals surface area contributed by atoms with Gasteiger partial charge in [-0.2, -0.15) is 0 Å². The van der Waals surface area contributed by atoms with Crippen LogP contribution >= 0.6 is 0 Å². The number of rotatable bonds is 3. The van der Waals surface area contributed by atoms with Crippen molar-refractivity contribution in [2.24, 2.45) is 0 Å². The average molecular weight is 376 g/mol. The van der Waals surface area contributed by atoms with Crippen molar-refractivity contribution in [1.29, 1.82) is 0 Å². The summed E-state index contributed by atoms with van der Waals surface area (Å²) < 4.78 is 7.68. The molecule has 5 rings (SSSR count). The van der Waals surface area contributed by atoms with Gasteiger partial charge < -0.3 is 14.2 Å². The fourth-order valence-electron chi connectivity index (χ4n) is 4.12. The van der Waals surface area contributed by atoms with Gasteiger partial charge in [-0.1, -0.05) is 30.3 Å². The molecule has 2 aliphatic rings. The molecule has 0 bridgehead atoms. The standard InChI is InChI=1S/C22H24N4O2/c27-22(25-10-8-24(9-11-25)15-17-4-2-1-3-5-17)18-6-7-20-19(14-18)23-21-16-28-13-12-26(20)21/h1-7,14H,8-13,15-16H2. The van der Waals surface area contributed by atoms with Gasteiger partial charge in [0, 0.05) is 44.8 Å². The van der Waals surface area contributed by atoms with Gasteiger partial charge in [0.05, 0.1) is 17.6 Å². The molecule has 0 atom stereocenters. The lowest BCUT2D eigenvalue weighted by Crippen LogP contribution is -2.48. The third-order valence-electron chi connectivity index (χ3n) is 5.67. The van der Waals surface area contributed by atoms with E-state index >= 15 is 0 Å². The lowest BCUT2D eigenvalue weighted by molar-refractivity contribution is 0.0628.